The summed E-state index contributed by atoms with van der Waals surface area (Å²) in [5.74, 6) is -0.240. The molecule has 4 heteroatoms. The largest absolute Gasteiger partial charge is 0.352 e. The van der Waals surface area contributed by atoms with Gasteiger partial charge in [0.2, 0.25) is 5.91 Å². The third kappa shape index (κ3) is 5.27. The van der Waals surface area contributed by atoms with Crippen LogP contribution in [0.25, 0.3) is 0 Å². The monoisotopic (exact) mass is 252 g/mol. The standard InChI is InChI=1S/C14H21FN2O/c1-3-13(4-2)17-14(18)10-16-9-11-5-7-12(15)8-6-11/h5-8,13,16H,3-4,9-10H2,1-2H3,(H,17,18). The van der Waals surface area contributed by atoms with E-state index in [0.717, 1.165) is 18.4 Å². The minimum Gasteiger partial charge on any atom is -0.352 e. The van der Waals surface area contributed by atoms with Gasteiger partial charge in [0.15, 0.2) is 0 Å². The van der Waals surface area contributed by atoms with Crippen LogP contribution in [0.3, 0.4) is 0 Å². The Bertz CT molecular complexity index is 361. The molecule has 0 aliphatic heterocycles. The minimum atomic E-state index is -0.245. The highest BCUT2D eigenvalue weighted by Gasteiger charge is 2.07. The fourth-order valence-electron chi connectivity index (χ4n) is 1.69. The lowest BCUT2D eigenvalue weighted by Crippen LogP contribution is -2.39. The number of halogens is 1. The number of benzene rings is 1. The van der Waals surface area contributed by atoms with E-state index in [-0.39, 0.29) is 24.3 Å². The van der Waals surface area contributed by atoms with E-state index in [1.165, 1.54) is 12.1 Å². The first-order valence-electron chi connectivity index (χ1n) is 6.40. The molecule has 0 heterocycles. The molecule has 3 nitrogen and oxygen atoms in total. The quantitative estimate of drug-likeness (QED) is 0.781. The highest BCUT2D eigenvalue weighted by molar-refractivity contribution is 5.78. The number of carbonyl (C=O) groups is 1. The van der Waals surface area contributed by atoms with Crippen molar-refractivity contribution in [2.75, 3.05) is 6.54 Å². The summed E-state index contributed by atoms with van der Waals surface area (Å²) in [6.45, 7) is 4.96. The highest BCUT2D eigenvalue weighted by atomic mass is 19.1. The molecule has 0 aliphatic carbocycles. The van der Waals surface area contributed by atoms with E-state index in [4.69, 9.17) is 0 Å². The SMILES string of the molecule is CCC(CC)NC(=O)CNCc1ccc(F)cc1. The molecule has 0 spiro atoms. The van der Waals surface area contributed by atoms with E-state index >= 15 is 0 Å². The summed E-state index contributed by atoms with van der Waals surface area (Å²) in [4.78, 5) is 11.6. The molecule has 0 aromatic heterocycles. The first-order chi connectivity index (χ1) is 8.65. The van der Waals surface area contributed by atoms with Crippen molar-refractivity contribution in [3.05, 3.63) is 35.6 Å². The van der Waals surface area contributed by atoms with Crippen LogP contribution in [0.4, 0.5) is 4.39 Å². The van der Waals surface area contributed by atoms with Crippen molar-refractivity contribution in [2.24, 2.45) is 0 Å². The Morgan fingerprint density at radius 1 is 1.22 bits per heavy atom. The summed E-state index contributed by atoms with van der Waals surface area (Å²) >= 11 is 0. The van der Waals surface area contributed by atoms with Gasteiger partial charge in [-0.15, -0.1) is 0 Å². The number of hydrogen-bond donors (Lipinski definition) is 2. The maximum absolute atomic E-state index is 12.7. The Balaban J connectivity index is 2.25. The van der Waals surface area contributed by atoms with Gasteiger partial charge in [-0.05, 0) is 30.5 Å². The molecule has 18 heavy (non-hydrogen) atoms. The summed E-state index contributed by atoms with van der Waals surface area (Å²) in [5, 5.41) is 5.99. The van der Waals surface area contributed by atoms with Crippen molar-refractivity contribution in [3.8, 4) is 0 Å². The van der Waals surface area contributed by atoms with Gasteiger partial charge in [-0.2, -0.15) is 0 Å². The molecule has 0 saturated heterocycles. The van der Waals surface area contributed by atoms with Crippen molar-refractivity contribution in [1.29, 1.82) is 0 Å². The van der Waals surface area contributed by atoms with Crippen LogP contribution in [-0.2, 0) is 11.3 Å². The van der Waals surface area contributed by atoms with Crippen LogP contribution in [0.1, 0.15) is 32.3 Å². The second kappa shape index (κ2) is 7.82. The van der Waals surface area contributed by atoms with Gasteiger partial charge < -0.3 is 10.6 Å². The Kier molecular flexibility index (Phi) is 6.36. The summed E-state index contributed by atoms with van der Waals surface area (Å²) < 4.78 is 12.7. The lowest BCUT2D eigenvalue weighted by molar-refractivity contribution is -0.121. The Morgan fingerprint density at radius 3 is 2.39 bits per heavy atom. The van der Waals surface area contributed by atoms with E-state index in [9.17, 15) is 9.18 Å². The molecule has 0 aliphatic rings. The van der Waals surface area contributed by atoms with Crippen LogP contribution in [0.2, 0.25) is 0 Å². The highest BCUT2D eigenvalue weighted by Crippen LogP contribution is 2.01. The van der Waals surface area contributed by atoms with Gasteiger partial charge in [-0.1, -0.05) is 26.0 Å². The third-order valence-electron chi connectivity index (χ3n) is 2.88. The molecule has 0 saturated carbocycles. The predicted molar refractivity (Wildman–Crippen MR) is 70.6 cm³/mol. The zero-order valence-electron chi connectivity index (χ0n) is 11.0. The van der Waals surface area contributed by atoms with E-state index in [0.29, 0.717) is 6.54 Å². The van der Waals surface area contributed by atoms with Crippen molar-refractivity contribution < 1.29 is 9.18 Å². The molecule has 1 amide bonds. The third-order valence-corrected chi connectivity index (χ3v) is 2.88. The molecule has 2 N–H and O–H groups in total. The van der Waals surface area contributed by atoms with Gasteiger partial charge in [0, 0.05) is 12.6 Å². The Hall–Kier alpha value is -1.42. The van der Waals surface area contributed by atoms with E-state index in [1.54, 1.807) is 12.1 Å². The number of nitrogens with one attached hydrogen (secondary N) is 2. The minimum absolute atomic E-state index is 0.00538. The van der Waals surface area contributed by atoms with Gasteiger partial charge in [-0.3, -0.25) is 4.79 Å². The first kappa shape index (κ1) is 14.6. The lowest BCUT2D eigenvalue weighted by Gasteiger charge is -2.14. The van der Waals surface area contributed by atoms with Crippen LogP contribution in [0.15, 0.2) is 24.3 Å². The van der Waals surface area contributed by atoms with Gasteiger partial charge >= 0.3 is 0 Å². The van der Waals surface area contributed by atoms with Crippen molar-refractivity contribution in [2.45, 2.75) is 39.3 Å². The van der Waals surface area contributed by atoms with Crippen LogP contribution in [0, 0.1) is 5.82 Å². The van der Waals surface area contributed by atoms with E-state index in [2.05, 4.69) is 24.5 Å². The lowest BCUT2D eigenvalue weighted by atomic mass is 10.2. The Labute approximate surface area is 108 Å². The van der Waals surface area contributed by atoms with Gasteiger partial charge in [0.1, 0.15) is 5.82 Å². The van der Waals surface area contributed by atoms with Gasteiger partial charge in [0.05, 0.1) is 6.54 Å². The van der Waals surface area contributed by atoms with Crippen molar-refractivity contribution in [3.63, 3.8) is 0 Å². The molecule has 0 bridgehead atoms. The zero-order chi connectivity index (χ0) is 13.4. The van der Waals surface area contributed by atoms with Crippen LogP contribution in [-0.4, -0.2) is 18.5 Å². The molecule has 0 atom stereocenters. The second-order valence-corrected chi connectivity index (χ2v) is 4.31. The normalized spacial score (nSPS) is 10.7. The summed E-state index contributed by atoms with van der Waals surface area (Å²) in [6, 6.07) is 6.51. The number of hydrogen-bond acceptors (Lipinski definition) is 2. The van der Waals surface area contributed by atoms with E-state index < -0.39 is 0 Å². The van der Waals surface area contributed by atoms with Crippen molar-refractivity contribution >= 4 is 5.91 Å². The van der Waals surface area contributed by atoms with E-state index in [1.807, 2.05) is 0 Å². The van der Waals surface area contributed by atoms with Crippen LogP contribution < -0.4 is 10.6 Å². The number of rotatable bonds is 7. The number of carbonyl (C=O) groups excluding carboxylic acids is 1. The molecule has 100 valence electrons. The molecule has 0 unspecified atom stereocenters. The molecule has 1 aromatic rings. The fraction of sp³-hybridized carbons (Fsp3) is 0.500. The Morgan fingerprint density at radius 2 is 1.83 bits per heavy atom. The maximum Gasteiger partial charge on any atom is 0.234 e. The average molecular weight is 252 g/mol. The van der Waals surface area contributed by atoms with Crippen LogP contribution >= 0.6 is 0 Å². The fourth-order valence-corrected chi connectivity index (χ4v) is 1.69. The average Bonchev–Trinajstić information content (AvgIpc) is 2.38. The first-order valence-corrected chi connectivity index (χ1v) is 6.40. The zero-order valence-corrected chi connectivity index (χ0v) is 11.0. The second-order valence-electron chi connectivity index (χ2n) is 4.31. The smallest absolute Gasteiger partial charge is 0.234 e. The molecule has 0 fully saturated rings. The molecule has 0 radical (unpaired) electrons. The van der Waals surface area contributed by atoms with Crippen molar-refractivity contribution in [1.82, 2.24) is 10.6 Å². The van der Waals surface area contributed by atoms with Crippen LogP contribution in [0.5, 0.6) is 0 Å². The summed E-state index contributed by atoms with van der Waals surface area (Å²) in [6.07, 6.45) is 1.89. The predicted octanol–water partition coefficient (Wildman–Crippen LogP) is 2.22. The molecule has 1 rings (SSSR count). The van der Waals surface area contributed by atoms with Gasteiger partial charge in [0.25, 0.3) is 0 Å². The molecular formula is C14H21FN2O. The maximum atomic E-state index is 12.7. The summed E-state index contributed by atoms with van der Waals surface area (Å²) in [5.41, 5.74) is 0.965. The summed E-state index contributed by atoms with van der Waals surface area (Å²) in [7, 11) is 0. The van der Waals surface area contributed by atoms with Gasteiger partial charge in [-0.25, -0.2) is 4.39 Å². The molecule has 1 aromatic carbocycles. The number of amides is 1. The molecular weight excluding hydrogens is 231 g/mol. The topological polar surface area (TPSA) is 41.1 Å².